The first kappa shape index (κ1) is 21.5. The fourth-order valence-electron chi connectivity index (χ4n) is 4.28. The topological polar surface area (TPSA) is 79.0 Å². The summed E-state index contributed by atoms with van der Waals surface area (Å²) in [6, 6.07) is 17.4. The van der Waals surface area contributed by atoms with Crippen LogP contribution in [-0.4, -0.2) is 20.9 Å². The zero-order chi connectivity index (χ0) is 22.6. The number of fused-ring (bicyclic) bond motifs is 2. The number of aromatic nitrogens is 3. The number of aryl methyl sites for hydroxylation is 3. The molecule has 168 valence electrons. The number of carbonyl (C=O) groups is 1. The van der Waals surface area contributed by atoms with Crippen LogP contribution < -0.4 is 10.5 Å². The molecule has 2 aromatic carbocycles. The Labute approximate surface area is 196 Å². The molecule has 0 unspecified atom stereocenters. The van der Waals surface area contributed by atoms with Crippen LogP contribution in [-0.2, 0) is 30.6 Å². The summed E-state index contributed by atoms with van der Waals surface area (Å²) in [4.78, 5) is 41.0. The standard InChI is InChI=1S/C26H26N4O2S/c31-24(16-8-15-23-27-20-12-5-4-11-19(20)25(32)29-23)30(17-18-9-2-1-3-10-18)26-28-21-13-6-7-14-22(21)33-26/h1-5,9-12H,6-8,13-17H2,(H,27,29,32). The Balaban J connectivity index is 1.31. The summed E-state index contributed by atoms with van der Waals surface area (Å²) in [7, 11) is 0. The number of carbonyl (C=O) groups excluding carboxylic acids is 1. The molecule has 2 heterocycles. The Kier molecular flexibility index (Phi) is 6.30. The summed E-state index contributed by atoms with van der Waals surface area (Å²) in [6.07, 6.45) is 5.93. The normalized spacial score (nSPS) is 13.1. The number of anilines is 1. The summed E-state index contributed by atoms with van der Waals surface area (Å²) in [6.45, 7) is 0.511. The number of thiazole rings is 1. The van der Waals surface area contributed by atoms with Crippen LogP contribution in [0.25, 0.3) is 10.9 Å². The summed E-state index contributed by atoms with van der Waals surface area (Å²) in [5.41, 5.74) is 2.78. The highest BCUT2D eigenvalue weighted by atomic mass is 32.1. The highest BCUT2D eigenvalue weighted by molar-refractivity contribution is 7.15. The molecule has 0 aliphatic heterocycles. The number of para-hydroxylation sites is 1. The van der Waals surface area contributed by atoms with Gasteiger partial charge in [0.05, 0.1) is 23.1 Å². The van der Waals surface area contributed by atoms with Crippen molar-refractivity contribution in [2.75, 3.05) is 4.90 Å². The van der Waals surface area contributed by atoms with Crippen molar-refractivity contribution in [1.29, 1.82) is 0 Å². The minimum Gasteiger partial charge on any atom is -0.310 e. The lowest BCUT2D eigenvalue weighted by Crippen LogP contribution is -2.30. The molecule has 4 aromatic rings. The van der Waals surface area contributed by atoms with E-state index in [0.717, 1.165) is 29.2 Å². The lowest BCUT2D eigenvalue weighted by Gasteiger charge is -2.20. The predicted molar refractivity (Wildman–Crippen MR) is 132 cm³/mol. The van der Waals surface area contributed by atoms with Gasteiger partial charge in [-0.2, -0.15) is 0 Å². The average molecular weight is 459 g/mol. The molecular weight excluding hydrogens is 432 g/mol. The Morgan fingerprint density at radius 2 is 1.79 bits per heavy atom. The number of aromatic amines is 1. The van der Waals surface area contributed by atoms with Crippen molar-refractivity contribution in [1.82, 2.24) is 15.0 Å². The van der Waals surface area contributed by atoms with Crippen LogP contribution in [0.5, 0.6) is 0 Å². The lowest BCUT2D eigenvalue weighted by atomic mass is 10.0. The fourth-order valence-corrected chi connectivity index (χ4v) is 5.44. The van der Waals surface area contributed by atoms with Gasteiger partial charge in [-0.15, -0.1) is 11.3 Å². The van der Waals surface area contributed by atoms with Crippen molar-refractivity contribution in [3.63, 3.8) is 0 Å². The number of benzene rings is 2. The smallest absolute Gasteiger partial charge is 0.258 e. The Morgan fingerprint density at radius 3 is 2.64 bits per heavy atom. The molecule has 1 aliphatic rings. The van der Waals surface area contributed by atoms with E-state index in [2.05, 4.69) is 9.97 Å². The Bertz CT molecular complexity index is 1310. The Hall–Kier alpha value is -3.32. The number of H-pyrrole nitrogens is 1. The van der Waals surface area contributed by atoms with E-state index < -0.39 is 0 Å². The van der Waals surface area contributed by atoms with E-state index in [1.165, 1.54) is 17.7 Å². The molecule has 2 aromatic heterocycles. The summed E-state index contributed by atoms with van der Waals surface area (Å²) in [5, 5.41) is 1.38. The highest BCUT2D eigenvalue weighted by Crippen LogP contribution is 2.33. The number of nitrogens with zero attached hydrogens (tertiary/aromatic N) is 3. The minimum atomic E-state index is -0.138. The first-order chi connectivity index (χ1) is 16.2. The summed E-state index contributed by atoms with van der Waals surface area (Å²) >= 11 is 1.66. The largest absolute Gasteiger partial charge is 0.310 e. The van der Waals surface area contributed by atoms with Crippen LogP contribution in [0.4, 0.5) is 5.13 Å². The molecule has 0 atom stereocenters. The van der Waals surface area contributed by atoms with Crippen LogP contribution in [0.3, 0.4) is 0 Å². The van der Waals surface area contributed by atoms with Crippen molar-refractivity contribution in [2.24, 2.45) is 0 Å². The summed E-state index contributed by atoms with van der Waals surface area (Å²) in [5.74, 6) is 0.666. The molecule has 33 heavy (non-hydrogen) atoms. The van der Waals surface area contributed by atoms with Gasteiger partial charge in [0.15, 0.2) is 5.13 Å². The van der Waals surface area contributed by atoms with E-state index in [1.807, 2.05) is 53.4 Å². The maximum Gasteiger partial charge on any atom is 0.258 e. The van der Waals surface area contributed by atoms with Crippen molar-refractivity contribution < 1.29 is 4.79 Å². The van der Waals surface area contributed by atoms with Gasteiger partial charge < -0.3 is 4.98 Å². The highest BCUT2D eigenvalue weighted by Gasteiger charge is 2.23. The van der Waals surface area contributed by atoms with E-state index in [1.54, 1.807) is 17.4 Å². The van der Waals surface area contributed by atoms with E-state index in [0.29, 0.717) is 42.5 Å². The molecular formula is C26H26N4O2S. The first-order valence-corrected chi connectivity index (χ1v) is 12.3. The van der Waals surface area contributed by atoms with Crippen LogP contribution in [0.1, 0.15) is 47.6 Å². The van der Waals surface area contributed by atoms with Crippen LogP contribution in [0, 0.1) is 0 Å². The molecule has 0 saturated heterocycles. The van der Waals surface area contributed by atoms with Gasteiger partial charge in [0.2, 0.25) is 5.91 Å². The quantitative estimate of drug-likeness (QED) is 0.431. The van der Waals surface area contributed by atoms with E-state index in [4.69, 9.17) is 4.98 Å². The minimum absolute atomic E-state index is 0.0492. The average Bonchev–Trinajstić information content (AvgIpc) is 3.27. The first-order valence-electron chi connectivity index (χ1n) is 11.5. The van der Waals surface area contributed by atoms with Gasteiger partial charge in [-0.1, -0.05) is 42.5 Å². The third-order valence-corrected chi connectivity index (χ3v) is 7.20. The summed E-state index contributed by atoms with van der Waals surface area (Å²) < 4.78 is 0. The van der Waals surface area contributed by atoms with Gasteiger partial charge in [-0.05, 0) is 49.8 Å². The van der Waals surface area contributed by atoms with Crippen LogP contribution in [0.2, 0.25) is 0 Å². The second-order valence-electron chi connectivity index (χ2n) is 8.42. The van der Waals surface area contributed by atoms with Crippen molar-refractivity contribution >= 4 is 33.3 Å². The number of hydrogen-bond acceptors (Lipinski definition) is 5. The van der Waals surface area contributed by atoms with Gasteiger partial charge in [0, 0.05) is 17.7 Å². The van der Waals surface area contributed by atoms with Gasteiger partial charge in [0.25, 0.3) is 5.56 Å². The van der Waals surface area contributed by atoms with Crippen molar-refractivity contribution in [3.8, 4) is 0 Å². The van der Waals surface area contributed by atoms with Gasteiger partial charge in [-0.3, -0.25) is 14.5 Å². The number of rotatable bonds is 7. The van der Waals surface area contributed by atoms with Crippen molar-refractivity contribution in [2.45, 2.75) is 51.5 Å². The van der Waals surface area contributed by atoms with E-state index >= 15 is 0 Å². The van der Waals surface area contributed by atoms with Crippen molar-refractivity contribution in [3.05, 3.63) is 86.9 Å². The maximum atomic E-state index is 13.3. The molecule has 0 bridgehead atoms. The van der Waals surface area contributed by atoms with E-state index in [9.17, 15) is 9.59 Å². The zero-order valence-electron chi connectivity index (χ0n) is 18.4. The number of nitrogens with one attached hydrogen (secondary N) is 1. The molecule has 1 amide bonds. The van der Waals surface area contributed by atoms with Crippen LogP contribution >= 0.6 is 11.3 Å². The number of hydrogen-bond donors (Lipinski definition) is 1. The molecule has 1 aliphatic carbocycles. The Morgan fingerprint density at radius 1 is 1.00 bits per heavy atom. The number of amides is 1. The predicted octanol–water partition coefficient (Wildman–Crippen LogP) is 4.81. The fraction of sp³-hybridized carbons (Fsp3) is 0.308. The molecule has 0 radical (unpaired) electrons. The molecule has 7 heteroatoms. The van der Waals surface area contributed by atoms with Crippen LogP contribution in [0.15, 0.2) is 59.4 Å². The molecule has 0 saturated carbocycles. The molecule has 0 fully saturated rings. The second-order valence-corrected chi connectivity index (χ2v) is 9.48. The molecule has 0 spiro atoms. The van der Waals surface area contributed by atoms with E-state index in [-0.39, 0.29) is 11.5 Å². The van der Waals surface area contributed by atoms with Gasteiger partial charge in [0.1, 0.15) is 5.82 Å². The second kappa shape index (κ2) is 9.67. The maximum absolute atomic E-state index is 13.3. The van der Waals surface area contributed by atoms with Gasteiger partial charge in [-0.25, -0.2) is 9.97 Å². The third-order valence-electron chi connectivity index (χ3n) is 6.02. The SMILES string of the molecule is O=C(CCCc1nc2ccccc2c(=O)[nH]1)N(Cc1ccccc1)c1nc2c(s1)CCCC2. The zero-order valence-corrected chi connectivity index (χ0v) is 19.2. The monoisotopic (exact) mass is 458 g/mol. The molecule has 6 nitrogen and oxygen atoms in total. The lowest BCUT2D eigenvalue weighted by molar-refractivity contribution is -0.118. The molecule has 5 rings (SSSR count). The molecule has 1 N–H and O–H groups in total. The third kappa shape index (κ3) is 4.88. The van der Waals surface area contributed by atoms with Gasteiger partial charge >= 0.3 is 0 Å².